The summed E-state index contributed by atoms with van der Waals surface area (Å²) in [5, 5.41) is 0. The molecule has 1 aromatic heterocycles. The molecule has 0 fully saturated rings. The summed E-state index contributed by atoms with van der Waals surface area (Å²) in [6.45, 7) is 4.01. The van der Waals surface area contributed by atoms with E-state index in [1.54, 1.807) is 0 Å². The van der Waals surface area contributed by atoms with Crippen molar-refractivity contribution in [3.63, 3.8) is 0 Å². The first-order valence-corrected chi connectivity index (χ1v) is 7.70. The van der Waals surface area contributed by atoms with Crippen molar-refractivity contribution in [3.05, 3.63) is 34.2 Å². The predicted molar refractivity (Wildman–Crippen MR) is 81.0 cm³/mol. The Morgan fingerprint density at radius 3 is 2.50 bits per heavy atom. The lowest BCUT2D eigenvalue weighted by Gasteiger charge is -2.19. The quantitative estimate of drug-likeness (QED) is 0.810. The van der Waals surface area contributed by atoms with Gasteiger partial charge in [-0.15, -0.1) is 0 Å². The molecule has 0 amide bonds. The van der Waals surface area contributed by atoms with Gasteiger partial charge in [0.05, 0.1) is 16.6 Å². The predicted octanol–water partition coefficient (Wildman–Crippen LogP) is 4.88. The summed E-state index contributed by atoms with van der Waals surface area (Å²) in [5.74, 6) is 0. The lowest BCUT2D eigenvalue weighted by atomic mass is 10.0. The number of fused-ring (bicyclic) bond motifs is 1. The zero-order valence-electron chi connectivity index (χ0n) is 12.8. The molecule has 0 saturated heterocycles. The Hall–Kier alpha value is -1.72. The Bertz CT molecular complexity index is 685. The molecule has 1 heterocycles. The molecule has 2 rings (SSSR count). The number of para-hydroxylation sites is 1. The van der Waals surface area contributed by atoms with Crippen molar-refractivity contribution in [1.82, 2.24) is 9.55 Å². The fraction of sp³-hybridized carbons (Fsp3) is 0.562. The summed E-state index contributed by atoms with van der Waals surface area (Å²) in [6.07, 6.45) is -0.414. The Balaban J connectivity index is 2.65. The SMILES string of the molecule is CCCCC(CCC)n1c(=O)[nH]c2cccc(C(F)(F)F)c21. The number of unbranched alkanes of at least 4 members (excludes halogenated alkanes) is 1. The van der Waals surface area contributed by atoms with E-state index >= 15 is 0 Å². The van der Waals surface area contributed by atoms with Gasteiger partial charge < -0.3 is 4.98 Å². The van der Waals surface area contributed by atoms with Crippen LogP contribution >= 0.6 is 0 Å². The number of hydrogen-bond donors (Lipinski definition) is 1. The first kappa shape index (κ1) is 16.6. The third-order valence-corrected chi connectivity index (χ3v) is 3.92. The number of halogens is 3. The molecular formula is C16H21F3N2O. The second kappa shape index (κ2) is 6.58. The molecule has 1 atom stereocenters. The van der Waals surface area contributed by atoms with Crippen molar-refractivity contribution in [2.45, 2.75) is 58.2 Å². The van der Waals surface area contributed by atoms with Crippen LogP contribution in [0.2, 0.25) is 0 Å². The van der Waals surface area contributed by atoms with E-state index in [2.05, 4.69) is 4.98 Å². The molecular weight excluding hydrogens is 293 g/mol. The number of rotatable bonds is 6. The topological polar surface area (TPSA) is 37.8 Å². The number of hydrogen-bond acceptors (Lipinski definition) is 1. The Morgan fingerprint density at radius 1 is 1.18 bits per heavy atom. The summed E-state index contributed by atoms with van der Waals surface area (Å²) in [5.41, 5.74) is -0.978. The van der Waals surface area contributed by atoms with E-state index in [0.717, 1.165) is 25.3 Å². The van der Waals surface area contributed by atoms with Crippen LogP contribution in [0.15, 0.2) is 23.0 Å². The minimum atomic E-state index is -4.47. The maximum Gasteiger partial charge on any atom is 0.418 e. The number of aromatic amines is 1. The summed E-state index contributed by atoms with van der Waals surface area (Å²) in [4.78, 5) is 14.8. The highest BCUT2D eigenvalue weighted by molar-refractivity contribution is 5.79. The molecule has 6 heteroatoms. The number of nitrogens with zero attached hydrogens (tertiary/aromatic N) is 1. The van der Waals surface area contributed by atoms with Crippen molar-refractivity contribution in [2.75, 3.05) is 0 Å². The van der Waals surface area contributed by atoms with Crippen LogP contribution in [0, 0.1) is 0 Å². The lowest BCUT2D eigenvalue weighted by molar-refractivity contribution is -0.136. The van der Waals surface area contributed by atoms with Gasteiger partial charge in [0.2, 0.25) is 0 Å². The van der Waals surface area contributed by atoms with Crippen molar-refractivity contribution >= 4 is 11.0 Å². The van der Waals surface area contributed by atoms with Gasteiger partial charge in [0.1, 0.15) is 0 Å². The average Bonchev–Trinajstić information content (AvgIpc) is 2.78. The van der Waals surface area contributed by atoms with Gasteiger partial charge in [0.25, 0.3) is 0 Å². The first-order valence-electron chi connectivity index (χ1n) is 7.70. The highest BCUT2D eigenvalue weighted by atomic mass is 19.4. The van der Waals surface area contributed by atoms with Crippen LogP contribution < -0.4 is 5.69 Å². The van der Waals surface area contributed by atoms with Crippen molar-refractivity contribution < 1.29 is 13.2 Å². The highest BCUT2D eigenvalue weighted by Crippen LogP contribution is 2.35. The summed E-state index contributed by atoms with van der Waals surface area (Å²) < 4.78 is 41.2. The molecule has 1 N–H and O–H groups in total. The van der Waals surface area contributed by atoms with Crippen LogP contribution in [0.5, 0.6) is 0 Å². The molecule has 122 valence electrons. The van der Waals surface area contributed by atoms with Crippen LogP contribution in [-0.2, 0) is 6.18 Å². The molecule has 22 heavy (non-hydrogen) atoms. The van der Waals surface area contributed by atoms with Crippen LogP contribution in [0.1, 0.15) is 57.6 Å². The van der Waals surface area contributed by atoms with E-state index in [0.29, 0.717) is 12.8 Å². The second-order valence-corrected chi connectivity index (χ2v) is 5.58. The van der Waals surface area contributed by atoms with E-state index < -0.39 is 17.4 Å². The van der Waals surface area contributed by atoms with Crippen LogP contribution in [0.25, 0.3) is 11.0 Å². The molecule has 0 bridgehead atoms. The minimum absolute atomic E-state index is 0.0189. The zero-order valence-corrected chi connectivity index (χ0v) is 12.8. The number of H-pyrrole nitrogens is 1. The summed E-state index contributed by atoms with van der Waals surface area (Å²) in [6, 6.07) is 3.68. The molecule has 1 aromatic carbocycles. The number of nitrogens with one attached hydrogen (secondary N) is 1. The van der Waals surface area contributed by atoms with Gasteiger partial charge in [-0.05, 0) is 25.0 Å². The van der Waals surface area contributed by atoms with Crippen LogP contribution in [0.3, 0.4) is 0 Å². The molecule has 1 unspecified atom stereocenters. The third kappa shape index (κ3) is 3.20. The van der Waals surface area contributed by atoms with Gasteiger partial charge >= 0.3 is 11.9 Å². The Labute approximate surface area is 127 Å². The zero-order chi connectivity index (χ0) is 16.3. The van der Waals surface area contributed by atoms with Gasteiger partial charge in [0.15, 0.2) is 0 Å². The first-order chi connectivity index (χ1) is 10.4. The number of aromatic nitrogens is 2. The largest absolute Gasteiger partial charge is 0.418 e. The molecule has 2 aromatic rings. The van der Waals surface area contributed by atoms with Gasteiger partial charge in [0, 0.05) is 6.04 Å². The fourth-order valence-corrected chi connectivity index (χ4v) is 2.93. The maximum absolute atomic E-state index is 13.3. The number of benzene rings is 1. The van der Waals surface area contributed by atoms with Crippen LogP contribution in [-0.4, -0.2) is 9.55 Å². The van der Waals surface area contributed by atoms with Crippen molar-refractivity contribution in [2.24, 2.45) is 0 Å². The van der Waals surface area contributed by atoms with E-state index in [1.807, 2.05) is 13.8 Å². The fourth-order valence-electron chi connectivity index (χ4n) is 2.93. The van der Waals surface area contributed by atoms with Gasteiger partial charge in [-0.25, -0.2) is 4.79 Å². The highest BCUT2D eigenvalue weighted by Gasteiger charge is 2.35. The summed E-state index contributed by atoms with van der Waals surface area (Å²) >= 11 is 0. The van der Waals surface area contributed by atoms with E-state index in [-0.39, 0.29) is 17.1 Å². The van der Waals surface area contributed by atoms with E-state index in [1.165, 1.54) is 16.7 Å². The second-order valence-electron chi connectivity index (χ2n) is 5.58. The summed E-state index contributed by atoms with van der Waals surface area (Å²) in [7, 11) is 0. The molecule has 0 spiro atoms. The van der Waals surface area contributed by atoms with Gasteiger partial charge in [-0.1, -0.05) is 39.2 Å². The normalized spacial score (nSPS) is 13.7. The van der Waals surface area contributed by atoms with E-state index in [9.17, 15) is 18.0 Å². The monoisotopic (exact) mass is 314 g/mol. The Kier molecular flexibility index (Phi) is 4.98. The van der Waals surface area contributed by atoms with E-state index in [4.69, 9.17) is 0 Å². The minimum Gasteiger partial charge on any atom is -0.306 e. The van der Waals surface area contributed by atoms with Crippen molar-refractivity contribution in [3.8, 4) is 0 Å². The molecule has 0 aliphatic heterocycles. The van der Waals surface area contributed by atoms with Gasteiger partial charge in [-0.3, -0.25) is 4.57 Å². The Morgan fingerprint density at radius 2 is 1.91 bits per heavy atom. The smallest absolute Gasteiger partial charge is 0.306 e. The lowest BCUT2D eigenvalue weighted by Crippen LogP contribution is -2.23. The molecule has 0 radical (unpaired) electrons. The molecule has 0 saturated carbocycles. The van der Waals surface area contributed by atoms with Crippen LogP contribution in [0.4, 0.5) is 13.2 Å². The standard InChI is InChI=1S/C16H21F3N2O/c1-3-5-8-11(7-4-2)21-14-12(16(17,18)19)9-6-10-13(14)20-15(21)22/h6,9-11H,3-5,7-8H2,1-2H3,(H,20,22). The third-order valence-electron chi connectivity index (χ3n) is 3.92. The number of imidazole rings is 1. The van der Waals surface area contributed by atoms with Crippen molar-refractivity contribution in [1.29, 1.82) is 0 Å². The average molecular weight is 314 g/mol. The molecule has 0 aliphatic carbocycles. The van der Waals surface area contributed by atoms with Gasteiger partial charge in [-0.2, -0.15) is 13.2 Å². The molecule has 3 nitrogen and oxygen atoms in total. The maximum atomic E-state index is 13.3. The molecule has 0 aliphatic rings. The number of alkyl halides is 3.